The molecule has 0 fully saturated rings. The molecule has 7 nitrogen and oxygen atoms in total. The molecule has 0 saturated heterocycles. The third kappa shape index (κ3) is 5.03. The zero-order valence-corrected chi connectivity index (χ0v) is 15.5. The number of hydrogen-bond acceptors (Lipinski definition) is 6. The van der Waals surface area contributed by atoms with Gasteiger partial charge in [-0.1, -0.05) is 23.7 Å². The van der Waals surface area contributed by atoms with Crippen molar-refractivity contribution in [2.75, 3.05) is 33.2 Å². The van der Waals surface area contributed by atoms with Crippen LogP contribution in [0.3, 0.4) is 0 Å². The standard InChI is InChI=1S/C18H20ClN3O4/c1-24-15-7-5-4-6-14(15)20-11-17(23)22-21-10-12-8-13(19)18(26-3)16(9-12)25-2/h4-10,20H,11H2,1-3H3,(H,22,23)/b21-10-. The van der Waals surface area contributed by atoms with E-state index in [4.69, 9.17) is 25.8 Å². The Morgan fingerprint density at radius 3 is 2.54 bits per heavy atom. The minimum absolute atomic E-state index is 0.0460. The van der Waals surface area contributed by atoms with E-state index in [0.29, 0.717) is 27.8 Å². The Labute approximate surface area is 156 Å². The van der Waals surface area contributed by atoms with Crippen molar-refractivity contribution in [1.29, 1.82) is 0 Å². The Morgan fingerprint density at radius 2 is 1.85 bits per heavy atom. The van der Waals surface area contributed by atoms with Crippen molar-refractivity contribution >= 4 is 29.4 Å². The fourth-order valence-electron chi connectivity index (χ4n) is 2.20. The molecule has 138 valence electrons. The SMILES string of the molecule is COc1ccccc1NCC(=O)N/N=C\c1cc(Cl)c(OC)c(OC)c1. The molecule has 1 amide bonds. The van der Waals surface area contributed by atoms with Gasteiger partial charge >= 0.3 is 0 Å². The lowest BCUT2D eigenvalue weighted by atomic mass is 10.2. The normalized spacial score (nSPS) is 10.5. The van der Waals surface area contributed by atoms with Gasteiger partial charge in [0.05, 0.1) is 44.8 Å². The monoisotopic (exact) mass is 377 g/mol. The van der Waals surface area contributed by atoms with Crippen molar-refractivity contribution in [2.24, 2.45) is 5.10 Å². The number of benzene rings is 2. The number of halogens is 1. The van der Waals surface area contributed by atoms with E-state index in [1.807, 2.05) is 18.2 Å². The van der Waals surface area contributed by atoms with Gasteiger partial charge in [-0.25, -0.2) is 5.43 Å². The predicted molar refractivity (Wildman–Crippen MR) is 102 cm³/mol. The minimum Gasteiger partial charge on any atom is -0.495 e. The van der Waals surface area contributed by atoms with Crippen LogP contribution in [0.15, 0.2) is 41.5 Å². The summed E-state index contributed by atoms with van der Waals surface area (Å²) in [6.45, 7) is 0.0460. The van der Waals surface area contributed by atoms with E-state index in [1.165, 1.54) is 20.4 Å². The van der Waals surface area contributed by atoms with Crippen molar-refractivity contribution in [3.63, 3.8) is 0 Å². The van der Waals surface area contributed by atoms with Crippen molar-refractivity contribution in [1.82, 2.24) is 5.43 Å². The third-order valence-corrected chi connectivity index (χ3v) is 3.69. The second-order valence-electron chi connectivity index (χ2n) is 5.09. The van der Waals surface area contributed by atoms with Crippen LogP contribution in [0.2, 0.25) is 5.02 Å². The van der Waals surface area contributed by atoms with Crippen molar-refractivity contribution < 1.29 is 19.0 Å². The Bertz CT molecular complexity index is 796. The number of ether oxygens (including phenoxy) is 3. The van der Waals surface area contributed by atoms with Crippen molar-refractivity contribution in [2.45, 2.75) is 0 Å². The molecule has 2 rings (SSSR count). The molecule has 0 unspecified atom stereocenters. The largest absolute Gasteiger partial charge is 0.495 e. The molecular weight excluding hydrogens is 358 g/mol. The number of nitrogens with zero attached hydrogens (tertiary/aromatic N) is 1. The Balaban J connectivity index is 1.94. The summed E-state index contributed by atoms with van der Waals surface area (Å²) < 4.78 is 15.6. The van der Waals surface area contributed by atoms with Crippen LogP contribution in [0.5, 0.6) is 17.2 Å². The summed E-state index contributed by atoms with van der Waals surface area (Å²) >= 11 is 6.13. The van der Waals surface area contributed by atoms with Crippen LogP contribution in [0, 0.1) is 0 Å². The fourth-order valence-corrected chi connectivity index (χ4v) is 2.49. The average Bonchev–Trinajstić information content (AvgIpc) is 2.66. The number of rotatable bonds is 8. The third-order valence-electron chi connectivity index (χ3n) is 3.41. The maximum Gasteiger partial charge on any atom is 0.259 e. The van der Waals surface area contributed by atoms with Gasteiger partial charge in [-0.3, -0.25) is 4.79 Å². The maximum atomic E-state index is 11.9. The smallest absolute Gasteiger partial charge is 0.259 e. The molecule has 2 N–H and O–H groups in total. The minimum atomic E-state index is -0.307. The highest BCUT2D eigenvalue weighted by molar-refractivity contribution is 6.32. The molecule has 26 heavy (non-hydrogen) atoms. The molecule has 0 bridgehead atoms. The molecule has 0 atom stereocenters. The number of hydrogen-bond donors (Lipinski definition) is 2. The highest BCUT2D eigenvalue weighted by Gasteiger charge is 2.10. The zero-order chi connectivity index (χ0) is 18.9. The molecule has 0 aliphatic heterocycles. The number of anilines is 1. The molecule has 8 heteroatoms. The summed E-state index contributed by atoms with van der Waals surface area (Å²) in [6, 6.07) is 10.7. The van der Waals surface area contributed by atoms with Gasteiger partial charge < -0.3 is 19.5 Å². The first-order valence-electron chi connectivity index (χ1n) is 7.69. The summed E-state index contributed by atoms with van der Waals surface area (Å²) in [5, 5.41) is 7.29. The van der Waals surface area contributed by atoms with Crippen LogP contribution in [0.4, 0.5) is 5.69 Å². The second-order valence-corrected chi connectivity index (χ2v) is 5.49. The first kappa shape index (κ1) is 19.4. The van der Waals surface area contributed by atoms with Crippen LogP contribution >= 0.6 is 11.6 Å². The van der Waals surface area contributed by atoms with E-state index in [9.17, 15) is 4.79 Å². The van der Waals surface area contributed by atoms with E-state index in [2.05, 4.69) is 15.8 Å². The van der Waals surface area contributed by atoms with Gasteiger partial charge in [0.2, 0.25) is 0 Å². The Morgan fingerprint density at radius 1 is 1.12 bits per heavy atom. The van der Waals surface area contributed by atoms with Gasteiger partial charge in [0.1, 0.15) is 5.75 Å². The molecule has 2 aromatic carbocycles. The predicted octanol–water partition coefficient (Wildman–Crippen LogP) is 2.93. The van der Waals surface area contributed by atoms with Crippen LogP contribution < -0.4 is 25.0 Å². The lowest BCUT2D eigenvalue weighted by molar-refractivity contribution is -0.119. The molecule has 0 aromatic heterocycles. The highest BCUT2D eigenvalue weighted by atomic mass is 35.5. The lowest BCUT2D eigenvalue weighted by Crippen LogP contribution is -2.26. The molecular formula is C18H20ClN3O4. The number of nitrogens with one attached hydrogen (secondary N) is 2. The van der Waals surface area contributed by atoms with Gasteiger partial charge in [-0.05, 0) is 29.8 Å². The van der Waals surface area contributed by atoms with Gasteiger partial charge in [0.25, 0.3) is 5.91 Å². The van der Waals surface area contributed by atoms with Crippen LogP contribution in [-0.4, -0.2) is 40.0 Å². The average molecular weight is 378 g/mol. The molecule has 0 saturated carbocycles. The molecule has 0 heterocycles. The van der Waals surface area contributed by atoms with Crippen LogP contribution in [0.1, 0.15) is 5.56 Å². The number of amides is 1. The molecule has 0 spiro atoms. The summed E-state index contributed by atoms with van der Waals surface area (Å²) in [5.41, 5.74) is 3.82. The number of carbonyl (C=O) groups is 1. The van der Waals surface area contributed by atoms with Crippen molar-refractivity contribution in [3.8, 4) is 17.2 Å². The van der Waals surface area contributed by atoms with E-state index in [0.717, 1.165) is 5.69 Å². The molecule has 2 aromatic rings. The van der Waals surface area contributed by atoms with Crippen LogP contribution in [0.25, 0.3) is 0 Å². The summed E-state index contributed by atoms with van der Waals surface area (Å²) in [5.74, 6) is 1.27. The number of hydrazone groups is 1. The summed E-state index contributed by atoms with van der Waals surface area (Å²) in [6.07, 6.45) is 1.47. The second kappa shape index (κ2) is 9.53. The number of para-hydroxylation sites is 2. The zero-order valence-electron chi connectivity index (χ0n) is 14.7. The van der Waals surface area contributed by atoms with Crippen LogP contribution in [-0.2, 0) is 4.79 Å². The molecule has 0 radical (unpaired) electrons. The Kier molecular flexibility index (Phi) is 7.11. The summed E-state index contributed by atoms with van der Waals surface area (Å²) in [7, 11) is 4.59. The number of methoxy groups -OCH3 is 3. The quantitative estimate of drug-likeness (QED) is 0.546. The first-order valence-corrected chi connectivity index (χ1v) is 8.07. The van der Waals surface area contributed by atoms with E-state index in [-0.39, 0.29) is 12.5 Å². The molecule has 0 aliphatic carbocycles. The first-order chi connectivity index (χ1) is 12.6. The van der Waals surface area contributed by atoms with E-state index >= 15 is 0 Å². The fraction of sp³-hybridized carbons (Fsp3) is 0.222. The topological polar surface area (TPSA) is 81.2 Å². The van der Waals surface area contributed by atoms with E-state index < -0.39 is 0 Å². The van der Waals surface area contributed by atoms with Crippen molar-refractivity contribution in [3.05, 3.63) is 47.0 Å². The van der Waals surface area contributed by atoms with Gasteiger partial charge in [0.15, 0.2) is 11.5 Å². The van der Waals surface area contributed by atoms with Gasteiger partial charge in [0, 0.05) is 0 Å². The molecule has 0 aliphatic rings. The van der Waals surface area contributed by atoms with Gasteiger partial charge in [-0.2, -0.15) is 5.10 Å². The maximum absolute atomic E-state index is 11.9. The number of carbonyl (C=O) groups excluding carboxylic acids is 1. The lowest BCUT2D eigenvalue weighted by Gasteiger charge is -2.10. The van der Waals surface area contributed by atoms with E-state index in [1.54, 1.807) is 25.3 Å². The Hall–Kier alpha value is -2.93. The highest BCUT2D eigenvalue weighted by Crippen LogP contribution is 2.35. The van der Waals surface area contributed by atoms with Gasteiger partial charge in [-0.15, -0.1) is 0 Å². The summed E-state index contributed by atoms with van der Waals surface area (Å²) in [4.78, 5) is 11.9.